The molecule has 7 nitrogen and oxygen atoms in total. The fourth-order valence-corrected chi connectivity index (χ4v) is 2.19. The summed E-state index contributed by atoms with van der Waals surface area (Å²) in [6.45, 7) is 0. The molecular formula is C10H10N2O5. The molecule has 0 bridgehead atoms. The van der Waals surface area contributed by atoms with Gasteiger partial charge in [-0.15, -0.1) is 0 Å². The summed E-state index contributed by atoms with van der Waals surface area (Å²) in [6, 6.07) is 1.25. The molecule has 0 aromatic heterocycles. The summed E-state index contributed by atoms with van der Waals surface area (Å²) in [5, 5.41) is 31.2. The number of nitro groups is 2. The Morgan fingerprint density at radius 1 is 1.12 bits per heavy atom. The molecule has 90 valence electrons. The minimum Gasteiger partial charge on any atom is -0.497 e. The van der Waals surface area contributed by atoms with Gasteiger partial charge in [0.1, 0.15) is 0 Å². The van der Waals surface area contributed by atoms with Crippen molar-refractivity contribution >= 4 is 11.4 Å². The van der Waals surface area contributed by atoms with Crippen LogP contribution in [0.3, 0.4) is 0 Å². The minimum atomic E-state index is -0.833. The van der Waals surface area contributed by atoms with Gasteiger partial charge in [0, 0.05) is 11.6 Å². The quantitative estimate of drug-likeness (QED) is 0.627. The first-order valence-electron chi connectivity index (χ1n) is 5.19. The van der Waals surface area contributed by atoms with Gasteiger partial charge in [-0.05, 0) is 31.2 Å². The van der Waals surface area contributed by atoms with Crippen molar-refractivity contribution in [1.82, 2.24) is 0 Å². The van der Waals surface area contributed by atoms with Crippen molar-refractivity contribution in [2.45, 2.75) is 25.7 Å². The highest BCUT2D eigenvalue weighted by Crippen LogP contribution is 2.42. The molecule has 0 heterocycles. The number of phenols is 1. The molecule has 1 N–H and O–H groups in total. The van der Waals surface area contributed by atoms with Crippen molar-refractivity contribution in [2.75, 3.05) is 0 Å². The maximum atomic E-state index is 10.9. The maximum absolute atomic E-state index is 10.9. The van der Waals surface area contributed by atoms with Gasteiger partial charge in [-0.1, -0.05) is 0 Å². The summed E-state index contributed by atoms with van der Waals surface area (Å²) in [6.07, 6.45) is 2.71. The molecule has 0 radical (unpaired) electrons. The smallest absolute Gasteiger partial charge is 0.321 e. The lowest BCUT2D eigenvalue weighted by molar-refractivity contribution is -0.396. The van der Waals surface area contributed by atoms with Gasteiger partial charge in [-0.25, -0.2) is 0 Å². The van der Waals surface area contributed by atoms with Crippen molar-refractivity contribution in [1.29, 1.82) is 0 Å². The molecule has 0 unspecified atom stereocenters. The van der Waals surface area contributed by atoms with Crippen LogP contribution < -0.4 is 0 Å². The molecule has 0 atom stereocenters. The normalized spacial score (nSPS) is 14.1. The molecule has 0 aliphatic heterocycles. The molecule has 17 heavy (non-hydrogen) atoms. The lowest BCUT2D eigenvalue weighted by Crippen LogP contribution is -2.08. The van der Waals surface area contributed by atoms with E-state index >= 15 is 0 Å². The largest absolute Gasteiger partial charge is 0.497 e. The summed E-state index contributed by atoms with van der Waals surface area (Å²) in [4.78, 5) is 20.1. The number of nitro benzene ring substituents is 2. The molecular weight excluding hydrogens is 228 g/mol. The van der Waals surface area contributed by atoms with E-state index in [1.54, 1.807) is 0 Å². The first-order chi connectivity index (χ1) is 8.02. The average Bonchev–Trinajstić information content (AvgIpc) is 2.27. The van der Waals surface area contributed by atoms with E-state index in [1.165, 1.54) is 6.07 Å². The molecule has 0 spiro atoms. The fraction of sp³-hybridized carbons (Fsp3) is 0.400. The predicted octanol–water partition coefficient (Wildman–Crippen LogP) is 2.09. The summed E-state index contributed by atoms with van der Waals surface area (Å²) in [5.41, 5.74) is -0.0527. The van der Waals surface area contributed by atoms with Crippen molar-refractivity contribution in [3.63, 3.8) is 0 Å². The Balaban J connectivity index is 2.73. The van der Waals surface area contributed by atoms with Crippen molar-refractivity contribution in [3.05, 3.63) is 37.4 Å². The van der Waals surface area contributed by atoms with Gasteiger partial charge in [0.25, 0.3) is 5.75 Å². The van der Waals surface area contributed by atoms with E-state index in [0.29, 0.717) is 24.0 Å². The lowest BCUT2D eigenvalue weighted by atomic mass is 9.89. The monoisotopic (exact) mass is 238 g/mol. The molecule has 0 fully saturated rings. The highest BCUT2D eigenvalue weighted by Gasteiger charge is 2.32. The summed E-state index contributed by atoms with van der Waals surface area (Å²) >= 11 is 0. The van der Waals surface area contributed by atoms with Gasteiger partial charge < -0.3 is 5.11 Å². The highest BCUT2D eigenvalue weighted by atomic mass is 16.6. The van der Waals surface area contributed by atoms with Crippen LogP contribution in [0.25, 0.3) is 0 Å². The first-order valence-corrected chi connectivity index (χ1v) is 5.19. The zero-order valence-corrected chi connectivity index (χ0v) is 8.88. The second-order valence-corrected chi connectivity index (χ2v) is 3.95. The molecule has 1 aliphatic carbocycles. The van der Waals surface area contributed by atoms with E-state index in [-0.39, 0.29) is 0 Å². The number of benzene rings is 1. The van der Waals surface area contributed by atoms with Gasteiger partial charge in [0.05, 0.1) is 9.85 Å². The van der Waals surface area contributed by atoms with E-state index < -0.39 is 27.0 Å². The van der Waals surface area contributed by atoms with Gasteiger partial charge in [0.2, 0.25) is 0 Å². The van der Waals surface area contributed by atoms with E-state index in [4.69, 9.17) is 0 Å². The van der Waals surface area contributed by atoms with Crippen LogP contribution >= 0.6 is 0 Å². The lowest BCUT2D eigenvalue weighted by Gasteiger charge is -2.15. The Morgan fingerprint density at radius 3 is 2.35 bits per heavy atom. The first kappa shape index (κ1) is 11.3. The number of fused-ring (bicyclic) bond motifs is 1. The van der Waals surface area contributed by atoms with E-state index in [2.05, 4.69) is 0 Å². The van der Waals surface area contributed by atoms with Crippen LogP contribution in [0.4, 0.5) is 11.4 Å². The Hall–Kier alpha value is -2.18. The Morgan fingerprint density at radius 2 is 1.76 bits per heavy atom. The Kier molecular flexibility index (Phi) is 2.66. The van der Waals surface area contributed by atoms with Gasteiger partial charge in [-0.2, -0.15) is 0 Å². The number of aromatic hydroxyl groups is 1. The van der Waals surface area contributed by atoms with Crippen LogP contribution in [0.1, 0.15) is 24.0 Å². The number of hydrogen-bond acceptors (Lipinski definition) is 5. The van der Waals surface area contributed by atoms with Crippen LogP contribution in [0.5, 0.6) is 5.75 Å². The molecule has 2 rings (SSSR count). The second-order valence-electron chi connectivity index (χ2n) is 3.95. The molecule has 1 aromatic rings. The molecule has 0 saturated heterocycles. The number of phenolic OH excluding ortho intramolecular Hbond substituents is 1. The van der Waals surface area contributed by atoms with Crippen molar-refractivity contribution in [2.24, 2.45) is 0 Å². The minimum absolute atomic E-state index is 0.435. The Bertz CT molecular complexity index is 512. The number of hydrogen-bond donors (Lipinski definition) is 1. The topological polar surface area (TPSA) is 107 Å². The molecule has 7 heteroatoms. The van der Waals surface area contributed by atoms with Crippen LogP contribution in [0.15, 0.2) is 6.07 Å². The van der Waals surface area contributed by atoms with E-state index in [1.807, 2.05) is 0 Å². The third-order valence-electron chi connectivity index (χ3n) is 2.95. The number of aryl methyl sites for hydroxylation is 1. The molecule has 1 aromatic carbocycles. The predicted molar refractivity (Wildman–Crippen MR) is 58.1 cm³/mol. The zero-order chi connectivity index (χ0) is 12.6. The summed E-state index contributed by atoms with van der Waals surface area (Å²) in [5.74, 6) is -0.833. The summed E-state index contributed by atoms with van der Waals surface area (Å²) < 4.78 is 0. The van der Waals surface area contributed by atoms with Gasteiger partial charge >= 0.3 is 11.4 Å². The Labute approximate surface area is 96.0 Å². The van der Waals surface area contributed by atoms with Gasteiger partial charge in [-0.3, -0.25) is 20.2 Å². The van der Waals surface area contributed by atoms with Crippen LogP contribution in [-0.4, -0.2) is 15.0 Å². The second kappa shape index (κ2) is 4.00. The molecule has 0 amide bonds. The molecule has 1 aliphatic rings. The van der Waals surface area contributed by atoms with E-state index in [9.17, 15) is 25.3 Å². The summed E-state index contributed by atoms with van der Waals surface area (Å²) in [7, 11) is 0. The average molecular weight is 238 g/mol. The number of nitrogens with zero attached hydrogens (tertiary/aromatic N) is 2. The van der Waals surface area contributed by atoms with E-state index in [0.717, 1.165) is 12.8 Å². The SMILES string of the molecule is O=[N+]([O-])c1cc2c(c([N+](=O)[O-])c1O)CCCC2. The standard InChI is InChI=1S/C10H10N2O5/c13-10-8(11(14)15)5-6-3-1-2-4-7(6)9(10)12(16)17/h5,13H,1-4H2. The van der Waals surface area contributed by atoms with Gasteiger partial charge in [0.15, 0.2) is 0 Å². The van der Waals surface area contributed by atoms with Crippen molar-refractivity contribution in [3.8, 4) is 5.75 Å². The maximum Gasteiger partial charge on any atom is 0.321 e. The zero-order valence-electron chi connectivity index (χ0n) is 8.88. The highest BCUT2D eigenvalue weighted by molar-refractivity contribution is 5.66. The fourth-order valence-electron chi connectivity index (χ4n) is 2.19. The van der Waals surface area contributed by atoms with Crippen molar-refractivity contribution < 1.29 is 15.0 Å². The van der Waals surface area contributed by atoms with Crippen LogP contribution in [0, 0.1) is 20.2 Å². The van der Waals surface area contributed by atoms with Crippen LogP contribution in [0.2, 0.25) is 0 Å². The molecule has 0 saturated carbocycles. The third-order valence-corrected chi connectivity index (χ3v) is 2.95. The number of rotatable bonds is 2. The van der Waals surface area contributed by atoms with Crippen LogP contribution in [-0.2, 0) is 12.8 Å². The third kappa shape index (κ3) is 1.79.